The monoisotopic (exact) mass is 382 g/mol. The van der Waals surface area contributed by atoms with Gasteiger partial charge in [0, 0.05) is 18.0 Å². The third-order valence-corrected chi connectivity index (χ3v) is 4.81. The Bertz CT molecular complexity index is 976. The van der Waals surface area contributed by atoms with Crippen molar-refractivity contribution < 1.29 is 19.1 Å². The SMILES string of the molecule is CC(=O)c1ccccc1NC(=O)C(C)OC(=O)c1sccc1-n1cccc1. The minimum atomic E-state index is -1.02. The quantitative estimate of drug-likeness (QED) is 0.518. The molecule has 1 aromatic carbocycles. The molecule has 2 aromatic heterocycles. The van der Waals surface area contributed by atoms with Crippen molar-refractivity contribution in [3.8, 4) is 5.69 Å². The molecule has 3 aromatic rings. The number of aromatic nitrogens is 1. The molecule has 0 aliphatic rings. The summed E-state index contributed by atoms with van der Waals surface area (Å²) in [5.74, 6) is -1.24. The number of esters is 1. The maximum Gasteiger partial charge on any atom is 0.351 e. The van der Waals surface area contributed by atoms with E-state index in [1.54, 1.807) is 34.2 Å². The van der Waals surface area contributed by atoms with Crippen molar-refractivity contribution >= 4 is 34.7 Å². The second-order valence-electron chi connectivity index (χ2n) is 5.86. The van der Waals surface area contributed by atoms with E-state index < -0.39 is 18.0 Å². The van der Waals surface area contributed by atoms with E-state index in [1.165, 1.54) is 25.2 Å². The van der Waals surface area contributed by atoms with Crippen molar-refractivity contribution in [1.82, 2.24) is 4.57 Å². The Morgan fingerprint density at radius 2 is 1.78 bits per heavy atom. The number of Topliss-reactive ketones (excluding diaryl/α,β-unsaturated/α-hetero) is 1. The summed E-state index contributed by atoms with van der Waals surface area (Å²) < 4.78 is 7.14. The van der Waals surface area contributed by atoms with Crippen molar-refractivity contribution in [3.05, 3.63) is 70.7 Å². The first-order valence-corrected chi connectivity index (χ1v) is 9.18. The van der Waals surface area contributed by atoms with Crippen LogP contribution in [0.2, 0.25) is 0 Å². The van der Waals surface area contributed by atoms with Crippen molar-refractivity contribution in [3.63, 3.8) is 0 Å². The maximum absolute atomic E-state index is 12.5. The second-order valence-corrected chi connectivity index (χ2v) is 6.78. The third-order valence-electron chi connectivity index (χ3n) is 3.93. The van der Waals surface area contributed by atoms with Gasteiger partial charge in [0.2, 0.25) is 0 Å². The molecule has 0 aliphatic carbocycles. The molecule has 1 amide bonds. The normalized spacial score (nSPS) is 11.6. The lowest BCUT2D eigenvalue weighted by atomic mass is 10.1. The Morgan fingerprint density at radius 3 is 2.48 bits per heavy atom. The summed E-state index contributed by atoms with van der Waals surface area (Å²) in [4.78, 5) is 37.0. The number of nitrogens with zero attached hydrogens (tertiary/aromatic N) is 1. The highest BCUT2D eigenvalue weighted by Gasteiger charge is 2.23. The molecule has 0 spiro atoms. The maximum atomic E-state index is 12.5. The number of anilines is 1. The first-order chi connectivity index (χ1) is 13.0. The number of ether oxygens (including phenoxy) is 1. The summed E-state index contributed by atoms with van der Waals surface area (Å²) in [5.41, 5.74) is 1.49. The number of para-hydroxylation sites is 1. The fourth-order valence-corrected chi connectivity index (χ4v) is 3.33. The summed E-state index contributed by atoms with van der Waals surface area (Å²) >= 11 is 1.25. The zero-order chi connectivity index (χ0) is 19.4. The topological polar surface area (TPSA) is 77.4 Å². The van der Waals surface area contributed by atoms with Gasteiger partial charge in [-0.1, -0.05) is 12.1 Å². The van der Waals surface area contributed by atoms with Crippen LogP contribution in [0.1, 0.15) is 33.9 Å². The van der Waals surface area contributed by atoms with E-state index >= 15 is 0 Å². The number of carbonyl (C=O) groups is 3. The van der Waals surface area contributed by atoms with Gasteiger partial charge in [-0.3, -0.25) is 9.59 Å². The zero-order valence-electron chi connectivity index (χ0n) is 14.8. The van der Waals surface area contributed by atoms with E-state index in [0.29, 0.717) is 21.8 Å². The Hall–Kier alpha value is -3.19. The fraction of sp³-hybridized carbons (Fsp3) is 0.150. The first-order valence-electron chi connectivity index (χ1n) is 8.30. The predicted molar refractivity (Wildman–Crippen MR) is 104 cm³/mol. The molecule has 0 bridgehead atoms. The molecule has 27 heavy (non-hydrogen) atoms. The molecule has 3 rings (SSSR count). The summed E-state index contributed by atoms with van der Waals surface area (Å²) in [6.45, 7) is 2.92. The van der Waals surface area contributed by atoms with Gasteiger partial charge in [-0.05, 0) is 49.6 Å². The van der Waals surface area contributed by atoms with E-state index in [4.69, 9.17) is 4.74 Å². The number of rotatable bonds is 6. The average Bonchev–Trinajstić information content (AvgIpc) is 3.33. The summed E-state index contributed by atoms with van der Waals surface area (Å²) in [5, 5.41) is 4.44. The number of benzene rings is 1. The van der Waals surface area contributed by atoms with E-state index in [1.807, 2.05) is 30.6 Å². The highest BCUT2D eigenvalue weighted by Crippen LogP contribution is 2.23. The van der Waals surface area contributed by atoms with Crippen LogP contribution in [0.15, 0.2) is 60.2 Å². The Morgan fingerprint density at radius 1 is 1.07 bits per heavy atom. The summed E-state index contributed by atoms with van der Waals surface area (Å²) in [6.07, 6.45) is 2.64. The van der Waals surface area contributed by atoms with Crippen molar-refractivity contribution in [2.45, 2.75) is 20.0 Å². The largest absolute Gasteiger partial charge is 0.448 e. The highest BCUT2D eigenvalue weighted by atomic mass is 32.1. The minimum absolute atomic E-state index is 0.162. The van der Waals surface area contributed by atoms with Crippen molar-refractivity contribution in [1.29, 1.82) is 0 Å². The van der Waals surface area contributed by atoms with Gasteiger partial charge in [-0.2, -0.15) is 0 Å². The predicted octanol–water partition coefficient (Wildman–Crippen LogP) is 3.93. The molecular weight excluding hydrogens is 364 g/mol. The smallest absolute Gasteiger partial charge is 0.351 e. The van der Waals surface area contributed by atoms with E-state index in [2.05, 4.69) is 5.32 Å². The molecule has 7 heteroatoms. The molecule has 1 N–H and O–H groups in total. The zero-order valence-corrected chi connectivity index (χ0v) is 15.7. The summed E-state index contributed by atoms with van der Waals surface area (Å²) in [6, 6.07) is 12.2. The van der Waals surface area contributed by atoms with Crippen LogP contribution in [0.3, 0.4) is 0 Å². The molecule has 0 saturated carbocycles. The van der Waals surface area contributed by atoms with Crippen LogP contribution in [-0.4, -0.2) is 28.3 Å². The number of hydrogen-bond donors (Lipinski definition) is 1. The molecule has 0 aliphatic heterocycles. The third kappa shape index (κ3) is 4.15. The lowest BCUT2D eigenvalue weighted by molar-refractivity contribution is -0.123. The van der Waals surface area contributed by atoms with Gasteiger partial charge in [0.15, 0.2) is 11.9 Å². The van der Waals surface area contributed by atoms with Crippen LogP contribution in [0.4, 0.5) is 5.69 Å². The molecule has 0 radical (unpaired) electrons. The van der Waals surface area contributed by atoms with Crippen LogP contribution < -0.4 is 5.32 Å². The molecule has 2 heterocycles. The highest BCUT2D eigenvalue weighted by molar-refractivity contribution is 7.12. The number of carbonyl (C=O) groups excluding carboxylic acids is 3. The summed E-state index contributed by atoms with van der Waals surface area (Å²) in [7, 11) is 0. The molecule has 0 saturated heterocycles. The number of hydrogen-bond acceptors (Lipinski definition) is 5. The van der Waals surface area contributed by atoms with Crippen LogP contribution in [0.5, 0.6) is 0 Å². The van der Waals surface area contributed by atoms with Gasteiger partial charge < -0.3 is 14.6 Å². The van der Waals surface area contributed by atoms with Crippen LogP contribution in [-0.2, 0) is 9.53 Å². The number of nitrogens with one attached hydrogen (secondary N) is 1. The Balaban J connectivity index is 1.70. The number of ketones is 1. The fourth-order valence-electron chi connectivity index (χ4n) is 2.55. The van der Waals surface area contributed by atoms with Crippen molar-refractivity contribution in [2.24, 2.45) is 0 Å². The molecule has 0 fully saturated rings. The number of amides is 1. The van der Waals surface area contributed by atoms with Gasteiger partial charge in [0.25, 0.3) is 5.91 Å². The van der Waals surface area contributed by atoms with E-state index in [-0.39, 0.29) is 5.78 Å². The standard InChI is InChI=1S/C20H18N2O4S/c1-13(23)15-7-3-4-8-16(15)21-19(24)14(2)26-20(25)18-17(9-12-27-18)22-10-5-6-11-22/h3-12,14H,1-2H3,(H,21,24). The molecule has 1 unspecified atom stereocenters. The second kappa shape index (κ2) is 8.01. The lowest BCUT2D eigenvalue weighted by Gasteiger charge is -2.15. The lowest BCUT2D eigenvalue weighted by Crippen LogP contribution is -2.30. The Labute approximate surface area is 160 Å². The Kier molecular flexibility index (Phi) is 5.52. The van der Waals surface area contributed by atoms with Crippen molar-refractivity contribution in [2.75, 3.05) is 5.32 Å². The average molecular weight is 382 g/mol. The molecule has 6 nitrogen and oxygen atoms in total. The first kappa shape index (κ1) is 18.6. The minimum Gasteiger partial charge on any atom is -0.448 e. The van der Waals surface area contributed by atoms with Gasteiger partial charge in [-0.25, -0.2) is 4.79 Å². The molecule has 1 atom stereocenters. The van der Waals surface area contributed by atoms with Gasteiger partial charge in [0.1, 0.15) is 4.88 Å². The van der Waals surface area contributed by atoms with E-state index in [0.717, 1.165) is 0 Å². The van der Waals surface area contributed by atoms with Gasteiger partial charge in [0.05, 0.1) is 11.4 Å². The van der Waals surface area contributed by atoms with Gasteiger partial charge in [-0.15, -0.1) is 11.3 Å². The van der Waals surface area contributed by atoms with Crippen LogP contribution in [0, 0.1) is 0 Å². The molecule has 138 valence electrons. The van der Waals surface area contributed by atoms with E-state index in [9.17, 15) is 14.4 Å². The van der Waals surface area contributed by atoms with Crippen LogP contribution >= 0.6 is 11.3 Å². The van der Waals surface area contributed by atoms with Crippen LogP contribution in [0.25, 0.3) is 5.69 Å². The molecular formula is C20H18N2O4S. The number of thiophene rings is 1. The van der Waals surface area contributed by atoms with Gasteiger partial charge >= 0.3 is 5.97 Å².